The lowest BCUT2D eigenvalue weighted by atomic mass is 10.2. The fraction of sp³-hybridized carbons (Fsp3) is 0.294. The number of benzene rings is 2. The highest BCUT2D eigenvalue weighted by atomic mass is 32.2. The summed E-state index contributed by atoms with van der Waals surface area (Å²) in [5.74, 6) is 0.934. The van der Waals surface area contributed by atoms with E-state index in [1.165, 1.54) is 5.56 Å². The number of hydrogen-bond donors (Lipinski definition) is 1. The van der Waals surface area contributed by atoms with E-state index < -0.39 is 10.8 Å². The highest BCUT2D eigenvalue weighted by molar-refractivity contribution is 7.84. The summed E-state index contributed by atoms with van der Waals surface area (Å²) in [6.45, 7) is 4.20. The van der Waals surface area contributed by atoms with E-state index in [0.29, 0.717) is 6.61 Å². The Bertz CT molecular complexity index is 596. The highest BCUT2D eigenvalue weighted by Gasteiger charge is 2.02. The molecule has 0 fully saturated rings. The van der Waals surface area contributed by atoms with Gasteiger partial charge < -0.3 is 10.1 Å². The Balaban J connectivity index is 1.91. The molecule has 4 heteroatoms. The van der Waals surface area contributed by atoms with Crippen LogP contribution in [0.3, 0.4) is 0 Å². The summed E-state index contributed by atoms with van der Waals surface area (Å²) in [5.41, 5.74) is 2.34. The van der Waals surface area contributed by atoms with E-state index in [2.05, 4.69) is 11.4 Å². The van der Waals surface area contributed by atoms with Gasteiger partial charge in [0.2, 0.25) is 0 Å². The lowest BCUT2D eigenvalue weighted by Gasteiger charge is -2.11. The molecule has 2 aromatic carbocycles. The molecule has 0 saturated heterocycles. The number of ether oxygens (including phenoxy) is 1. The first kappa shape index (κ1) is 15.7. The second-order valence-electron chi connectivity index (χ2n) is 4.74. The van der Waals surface area contributed by atoms with Gasteiger partial charge in [-0.05, 0) is 30.7 Å². The van der Waals surface area contributed by atoms with Crippen LogP contribution in [0.1, 0.15) is 18.1 Å². The molecule has 0 saturated carbocycles. The number of rotatable bonds is 7. The maximum absolute atomic E-state index is 11.3. The first-order valence-corrected chi connectivity index (χ1v) is 8.60. The van der Waals surface area contributed by atoms with Crippen LogP contribution < -0.4 is 10.1 Å². The summed E-state index contributed by atoms with van der Waals surface area (Å²) in [7, 11) is -0.915. The quantitative estimate of drug-likeness (QED) is 0.854. The molecule has 3 nitrogen and oxygen atoms in total. The Morgan fingerprint density at radius 3 is 2.43 bits per heavy atom. The van der Waals surface area contributed by atoms with E-state index in [1.54, 1.807) is 6.26 Å². The minimum atomic E-state index is -0.915. The van der Waals surface area contributed by atoms with E-state index in [9.17, 15) is 4.21 Å². The maximum Gasteiger partial charge on any atom is 0.123 e. The molecule has 1 atom stereocenters. The summed E-state index contributed by atoms with van der Waals surface area (Å²) in [4.78, 5) is 0.862. The highest BCUT2D eigenvalue weighted by Crippen LogP contribution is 2.17. The molecule has 1 N–H and O–H groups in total. The fourth-order valence-electron chi connectivity index (χ4n) is 2.09. The Morgan fingerprint density at radius 1 is 1.05 bits per heavy atom. The second kappa shape index (κ2) is 7.96. The smallest absolute Gasteiger partial charge is 0.123 e. The zero-order valence-corrected chi connectivity index (χ0v) is 13.3. The van der Waals surface area contributed by atoms with Crippen molar-refractivity contribution in [2.75, 3.05) is 12.9 Å². The minimum absolute atomic E-state index is 0.673. The van der Waals surface area contributed by atoms with Crippen LogP contribution >= 0.6 is 0 Å². The van der Waals surface area contributed by atoms with Crippen LogP contribution in [0.5, 0.6) is 5.75 Å². The Kier molecular flexibility index (Phi) is 5.96. The van der Waals surface area contributed by atoms with Crippen LogP contribution in [0.15, 0.2) is 53.4 Å². The van der Waals surface area contributed by atoms with Crippen LogP contribution in [-0.2, 0) is 23.9 Å². The first-order valence-electron chi connectivity index (χ1n) is 7.04. The van der Waals surface area contributed by atoms with E-state index in [-0.39, 0.29) is 0 Å². The van der Waals surface area contributed by atoms with Crippen molar-refractivity contribution in [1.82, 2.24) is 5.32 Å². The van der Waals surface area contributed by atoms with E-state index in [4.69, 9.17) is 4.74 Å². The van der Waals surface area contributed by atoms with Gasteiger partial charge in [0.1, 0.15) is 5.75 Å². The summed E-state index contributed by atoms with van der Waals surface area (Å²) < 4.78 is 16.9. The molecule has 0 aliphatic heterocycles. The third-order valence-electron chi connectivity index (χ3n) is 3.17. The van der Waals surface area contributed by atoms with Crippen molar-refractivity contribution in [3.63, 3.8) is 0 Å². The normalized spacial score (nSPS) is 12.1. The predicted octanol–water partition coefficient (Wildman–Crippen LogP) is 3.11. The molecule has 2 aromatic rings. The molecule has 0 radical (unpaired) electrons. The number of para-hydroxylation sites is 1. The van der Waals surface area contributed by atoms with Gasteiger partial charge in [-0.1, -0.05) is 30.3 Å². The SMILES string of the molecule is CCOc1ccccc1CNCc1ccc(S(C)=O)cc1. The molecular weight excluding hydrogens is 282 g/mol. The molecular formula is C17H21NO2S. The topological polar surface area (TPSA) is 38.3 Å². The van der Waals surface area contributed by atoms with E-state index in [1.807, 2.05) is 49.4 Å². The van der Waals surface area contributed by atoms with Crippen LogP contribution in [0.25, 0.3) is 0 Å². The molecule has 0 heterocycles. The standard InChI is InChI=1S/C17H21NO2S/c1-3-20-17-7-5-4-6-15(17)13-18-12-14-8-10-16(11-9-14)21(2)19/h4-11,18H,3,12-13H2,1-2H3. The van der Waals surface area contributed by atoms with Gasteiger partial charge in [-0.25, -0.2) is 0 Å². The average Bonchev–Trinajstić information content (AvgIpc) is 2.50. The van der Waals surface area contributed by atoms with Gasteiger partial charge in [0.25, 0.3) is 0 Å². The molecule has 0 aliphatic rings. The van der Waals surface area contributed by atoms with Gasteiger partial charge in [-0.3, -0.25) is 4.21 Å². The molecule has 1 unspecified atom stereocenters. The maximum atomic E-state index is 11.3. The van der Waals surface area contributed by atoms with Crippen molar-refractivity contribution in [1.29, 1.82) is 0 Å². The summed E-state index contributed by atoms with van der Waals surface area (Å²) in [6, 6.07) is 15.9. The largest absolute Gasteiger partial charge is 0.494 e. The number of nitrogens with one attached hydrogen (secondary N) is 1. The third kappa shape index (κ3) is 4.69. The fourth-order valence-corrected chi connectivity index (χ4v) is 2.61. The molecule has 2 rings (SSSR count). The van der Waals surface area contributed by atoms with Crippen molar-refractivity contribution in [3.05, 3.63) is 59.7 Å². The van der Waals surface area contributed by atoms with Crippen molar-refractivity contribution in [3.8, 4) is 5.75 Å². The average molecular weight is 303 g/mol. The first-order chi connectivity index (χ1) is 10.2. The van der Waals surface area contributed by atoms with E-state index >= 15 is 0 Å². The molecule has 0 aliphatic carbocycles. The zero-order chi connectivity index (χ0) is 15.1. The van der Waals surface area contributed by atoms with E-state index in [0.717, 1.165) is 29.3 Å². The van der Waals surface area contributed by atoms with Crippen molar-refractivity contribution in [2.24, 2.45) is 0 Å². The minimum Gasteiger partial charge on any atom is -0.494 e. The lowest BCUT2D eigenvalue weighted by Crippen LogP contribution is -2.13. The molecule has 0 bridgehead atoms. The predicted molar refractivity (Wildman–Crippen MR) is 86.9 cm³/mol. The number of hydrogen-bond acceptors (Lipinski definition) is 3. The summed E-state index contributed by atoms with van der Waals surface area (Å²) in [6.07, 6.45) is 1.69. The molecule has 21 heavy (non-hydrogen) atoms. The zero-order valence-electron chi connectivity index (χ0n) is 12.5. The van der Waals surface area contributed by atoms with Gasteiger partial charge in [0, 0.05) is 40.6 Å². The molecule has 0 amide bonds. The van der Waals surface area contributed by atoms with Gasteiger partial charge in [0.05, 0.1) is 6.61 Å². The Hall–Kier alpha value is -1.65. The van der Waals surface area contributed by atoms with Gasteiger partial charge in [0.15, 0.2) is 0 Å². The molecule has 0 aromatic heterocycles. The van der Waals surface area contributed by atoms with Crippen LogP contribution in [0, 0.1) is 0 Å². The van der Waals surface area contributed by atoms with Crippen LogP contribution in [0.2, 0.25) is 0 Å². The lowest BCUT2D eigenvalue weighted by molar-refractivity contribution is 0.335. The summed E-state index contributed by atoms with van der Waals surface area (Å²) in [5, 5.41) is 3.41. The third-order valence-corrected chi connectivity index (χ3v) is 4.11. The van der Waals surface area contributed by atoms with Gasteiger partial charge in [-0.15, -0.1) is 0 Å². The monoisotopic (exact) mass is 303 g/mol. The van der Waals surface area contributed by atoms with Crippen molar-refractivity contribution in [2.45, 2.75) is 24.9 Å². The Morgan fingerprint density at radius 2 is 1.76 bits per heavy atom. The molecule has 0 spiro atoms. The van der Waals surface area contributed by atoms with Gasteiger partial charge >= 0.3 is 0 Å². The van der Waals surface area contributed by atoms with Gasteiger partial charge in [-0.2, -0.15) is 0 Å². The van der Waals surface area contributed by atoms with Crippen molar-refractivity contribution < 1.29 is 8.95 Å². The van der Waals surface area contributed by atoms with Crippen LogP contribution in [0.4, 0.5) is 0 Å². The van der Waals surface area contributed by atoms with Crippen molar-refractivity contribution >= 4 is 10.8 Å². The second-order valence-corrected chi connectivity index (χ2v) is 6.12. The molecule has 112 valence electrons. The Labute approximate surface area is 128 Å². The summed E-state index contributed by atoms with van der Waals surface area (Å²) >= 11 is 0. The van der Waals surface area contributed by atoms with Crippen LogP contribution in [-0.4, -0.2) is 17.1 Å².